The second-order valence-electron chi connectivity index (χ2n) is 7.81. The number of carbonyl (C=O) groups is 2. The molecule has 172 valence electrons. The lowest BCUT2D eigenvalue weighted by Gasteiger charge is -2.18. The zero-order chi connectivity index (χ0) is 23.4. The highest BCUT2D eigenvalue weighted by Gasteiger charge is 2.18. The Balaban J connectivity index is 1.26. The van der Waals surface area contributed by atoms with Crippen molar-refractivity contribution in [2.45, 2.75) is 26.8 Å². The zero-order valence-corrected chi connectivity index (χ0v) is 18.7. The van der Waals surface area contributed by atoms with Crippen molar-refractivity contribution in [3.05, 3.63) is 64.8 Å². The normalized spacial score (nSPS) is 11.8. The number of aryl methyl sites for hydroxylation is 2. The van der Waals surface area contributed by atoms with E-state index in [1.807, 2.05) is 38.1 Å². The van der Waals surface area contributed by atoms with E-state index in [0.29, 0.717) is 30.3 Å². The van der Waals surface area contributed by atoms with Gasteiger partial charge in [-0.25, -0.2) is 4.79 Å². The van der Waals surface area contributed by atoms with E-state index in [1.54, 1.807) is 19.2 Å². The number of amides is 3. The zero-order valence-electron chi connectivity index (χ0n) is 18.7. The fourth-order valence-electron chi connectivity index (χ4n) is 3.21. The predicted molar refractivity (Wildman–Crippen MR) is 119 cm³/mol. The van der Waals surface area contributed by atoms with E-state index in [1.165, 1.54) is 4.90 Å². The molecule has 0 bridgehead atoms. The van der Waals surface area contributed by atoms with Crippen LogP contribution in [-0.2, 0) is 13.0 Å². The first-order chi connectivity index (χ1) is 15.9. The first-order valence-electron chi connectivity index (χ1n) is 10.5. The topological polar surface area (TPSA) is 119 Å². The molecule has 2 heterocycles. The fourth-order valence-corrected chi connectivity index (χ4v) is 3.21. The van der Waals surface area contributed by atoms with Gasteiger partial charge in [-0.2, -0.15) is 4.98 Å². The molecule has 2 aromatic carbocycles. The van der Waals surface area contributed by atoms with Crippen molar-refractivity contribution in [2.24, 2.45) is 0 Å². The monoisotopic (exact) mass is 451 g/mol. The Hall–Kier alpha value is -4.08. The maximum Gasteiger partial charge on any atom is 0.321 e. The number of ether oxygens (including phenoxy) is 2. The lowest BCUT2D eigenvalue weighted by atomic mass is 10.1. The molecule has 0 aliphatic carbocycles. The molecule has 0 spiro atoms. The number of nitrogens with zero attached hydrogens (tertiary/aromatic N) is 3. The van der Waals surface area contributed by atoms with E-state index >= 15 is 0 Å². The summed E-state index contributed by atoms with van der Waals surface area (Å²) in [5.74, 6) is 1.06. The summed E-state index contributed by atoms with van der Waals surface area (Å²) in [6, 6.07) is 11.1. The van der Waals surface area contributed by atoms with Gasteiger partial charge in [-0.3, -0.25) is 4.79 Å². The highest BCUT2D eigenvalue weighted by molar-refractivity contribution is 5.90. The summed E-state index contributed by atoms with van der Waals surface area (Å²) >= 11 is 0. The van der Waals surface area contributed by atoms with E-state index in [4.69, 9.17) is 14.0 Å². The third kappa shape index (κ3) is 5.40. The van der Waals surface area contributed by atoms with Gasteiger partial charge in [0.05, 0.1) is 0 Å². The minimum atomic E-state index is -0.479. The Bertz CT molecular complexity index is 1180. The van der Waals surface area contributed by atoms with E-state index in [-0.39, 0.29) is 25.3 Å². The number of anilines is 1. The fraction of sp³-hybridized carbons (Fsp3) is 0.304. The number of urea groups is 1. The molecule has 0 atom stereocenters. The second-order valence-corrected chi connectivity index (χ2v) is 7.81. The van der Waals surface area contributed by atoms with Gasteiger partial charge in [0.25, 0.3) is 0 Å². The van der Waals surface area contributed by atoms with Crippen molar-refractivity contribution >= 4 is 17.6 Å². The molecular formula is C23H25N5O5. The third-order valence-corrected chi connectivity index (χ3v) is 5.20. The average molecular weight is 451 g/mol. The molecule has 0 unspecified atom stereocenters. The lowest BCUT2D eigenvalue weighted by Crippen LogP contribution is -2.33. The summed E-state index contributed by atoms with van der Waals surface area (Å²) in [5.41, 5.74) is 3.67. The molecule has 4 rings (SSSR count). The van der Waals surface area contributed by atoms with Gasteiger partial charge in [-0.05, 0) is 48.7 Å². The first kappa shape index (κ1) is 22.1. The Morgan fingerprint density at radius 1 is 1.09 bits per heavy atom. The number of carbonyl (C=O) groups excluding carboxylic acids is 2. The van der Waals surface area contributed by atoms with Crippen molar-refractivity contribution in [3.63, 3.8) is 0 Å². The number of aromatic nitrogens is 2. The van der Waals surface area contributed by atoms with Crippen molar-refractivity contribution in [3.8, 4) is 11.5 Å². The molecule has 0 fully saturated rings. The molecule has 3 amide bonds. The van der Waals surface area contributed by atoms with Crippen LogP contribution in [0.1, 0.15) is 33.2 Å². The second kappa shape index (κ2) is 9.60. The Morgan fingerprint density at radius 3 is 2.76 bits per heavy atom. The van der Waals surface area contributed by atoms with Crippen molar-refractivity contribution in [1.82, 2.24) is 20.4 Å². The Kier molecular flexibility index (Phi) is 6.43. The first-order valence-corrected chi connectivity index (χ1v) is 10.5. The van der Waals surface area contributed by atoms with Gasteiger partial charge in [-0.1, -0.05) is 23.4 Å². The molecule has 1 aliphatic rings. The van der Waals surface area contributed by atoms with Gasteiger partial charge >= 0.3 is 17.8 Å². The van der Waals surface area contributed by atoms with Crippen LogP contribution >= 0.6 is 0 Å². The quantitative estimate of drug-likeness (QED) is 0.567. The summed E-state index contributed by atoms with van der Waals surface area (Å²) in [5, 5.41) is 9.47. The largest absolute Gasteiger partial charge is 0.454 e. The van der Waals surface area contributed by atoms with Gasteiger partial charge < -0.3 is 29.5 Å². The number of fused-ring (bicyclic) bond motifs is 1. The van der Waals surface area contributed by atoms with Crippen LogP contribution in [0.4, 0.5) is 10.5 Å². The van der Waals surface area contributed by atoms with Crippen LogP contribution in [0.3, 0.4) is 0 Å². The maximum atomic E-state index is 12.5. The molecule has 10 nitrogen and oxygen atoms in total. The van der Waals surface area contributed by atoms with Gasteiger partial charge in [0.15, 0.2) is 17.3 Å². The number of hydrogen-bond acceptors (Lipinski definition) is 7. The van der Waals surface area contributed by atoms with Crippen molar-refractivity contribution in [1.29, 1.82) is 0 Å². The number of likely N-dealkylation sites (N-methyl/N-ethyl adjacent to an activating group) is 1. The van der Waals surface area contributed by atoms with E-state index in [0.717, 1.165) is 22.4 Å². The van der Waals surface area contributed by atoms with Crippen LogP contribution in [0, 0.1) is 13.8 Å². The molecule has 0 radical (unpaired) electrons. The SMILES string of the molecule is Cc1ccc(C)c(NC(=O)N(C)CCc2noc(C(=O)NCc3ccc4c(c3)OCO4)n2)c1. The highest BCUT2D eigenvalue weighted by Crippen LogP contribution is 2.32. The lowest BCUT2D eigenvalue weighted by molar-refractivity contribution is 0.0907. The average Bonchev–Trinajstić information content (AvgIpc) is 3.47. The summed E-state index contributed by atoms with van der Waals surface area (Å²) in [4.78, 5) is 30.5. The van der Waals surface area contributed by atoms with E-state index in [2.05, 4.69) is 20.8 Å². The molecule has 2 N–H and O–H groups in total. The molecule has 10 heteroatoms. The van der Waals surface area contributed by atoms with Gasteiger partial charge in [0, 0.05) is 32.2 Å². The van der Waals surface area contributed by atoms with Crippen LogP contribution in [0.5, 0.6) is 11.5 Å². The molecule has 0 saturated carbocycles. The van der Waals surface area contributed by atoms with E-state index < -0.39 is 5.91 Å². The van der Waals surface area contributed by atoms with Crippen LogP contribution < -0.4 is 20.1 Å². The van der Waals surface area contributed by atoms with Crippen LogP contribution in [0.15, 0.2) is 40.9 Å². The summed E-state index contributed by atoms with van der Waals surface area (Å²) in [7, 11) is 1.68. The molecule has 33 heavy (non-hydrogen) atoms. The minimum absolute atomic E-state index is 0.131. The van der Waals surface area contributed by atoms with Crippen LogP contribution in [-0.4, -0.2) is 47.4 Å². The Labute approximate surface area is 190 Å². The number of benzene rings is 2. The highest BCUT2D eigenvalue weighted by atomic mass is 16.7. The molecule has 1 aromatic heterocycles. The number of nitrogens with one attached hydrogen (secondary N) is 2. The molecule has 1 aliphatic heterocycles. The summed E-state index contributed by atoms with van der Waals surface area (Å²) < 4.78 is 15.7. The smallest absolute Gasteiger partial charge is 0.321 e. The molecule has 0 saturated heterocycles. The molecule has 3 aromatic rings. The Morgan fingerprint density at radius 2 is 1.91 bits per heavy atom. The van der Waals surface area contributed by atoms with Crippen molar-refractivity contribution in [2.75, 3.05) is 25.7 Å². The van der Waals surface area contributed by atoms with Crippen LogP contribution in [0.25, 0.3) is 0 Å². The van der Waals surface area contributed by atoms with Gasteiger partial charge in [0.2, 0.25) is 6.79 Å². The maximum absolute atomic E-state index is 12.5. The third-order valence-electron chi connectivity index (χ3n) is 5.20. The summed E-state index contributed by atoms with van der Waals surface area (Å²) in [6.07, 6.45) is 0.343. The number of hydrogen-bond donors (Lipinski definition) is 2. The summed E-state index contributed by atoms with van der Waals surface area (Å²) in [6.45, 7) is 4.73. The standard InChI is InChI=1S/C23H25N5O5/c1-14-4-5-15(2)17(10-14)25-23(30)28(3)9-8-20-26-22(33-27-20)21(29)24-12-16-6-7-18-19(11-16)32-13-31-18/h4-7,10-11H,8-9,12-13H2,1-3H3,(H,24,29)(H,25,30). The van der Waals surface area contributed by atoms with Crippen molar-refractivity contribution < 1.29 is 23.6 Å². The van der Waals surface area contributed by atoms with Gasteiger partial charge in [0.1, 0.15) is 0 Å². The molecular weight excluding hydrogens is 426 g/mol. The van der Waals surface area contributed by atoms with E-state index in [9.17, 15) is 9.59 Å². The van der Waals surface area contributed by atoms with Crippen LogP contribution in [0.2, 0.25) is 0 Å². The predicted octanol–water partition coefficient (Wildman–Crippen LogP) is 3.05. The van der Waals surface area contributed by atoms with Gasteiger partial charge in [-0.15, -0.1) is 0 Å². The number of rotatable bonds is 7. The minimum Gasteiger partial charge on any atom is -0.454 e.